The lowest BCUT2D eigenvalue weighted by Gasteiger charge is -2.15. The molecular weight excluding hydrogens is 352 g/mol. The monoisotopic (exact) mass is 370 g/mol. The van der Waals surface area contributed by atoms with E-state index in [1.165, 1.54) is 48.6 Å². The topological polar surface area (TPSA) is 60.4 Å². The smallest absolute Gasteiger partial charge is 0.222 e. The number of thioether (sulfide) groups is 3. The summed E-state index contributed by atoms with van der Waals surface area (Å²) in [7, 11) is 0. The van der Waals surface area contributed by atoms with E-state index in [2.05, 4.69) is 13.8 Å². The lowest BCUT2D eigenvalue weighted by atomic mass is 10.4. The van der Waals surface area contributed by atoms with Crippen LogP contribution in [0.4, 0.5) is 0 Å². The zero-order valence-corrected chi connectivity index (χ0v) is 15.3. The highest BCUT2D eigenvalue weighted by Crippen LogP contribution is 2.26. The number of hydrogen-bond acceptors (Lipinski definition) is 7. The number of furan rings is 2. The highest BCUT2D eigenvalue weighted by atomic mass is 32.2. The summed E-state index contributed by atoms with van der Waals surface area (Å²) in [4.78, 5) is 23.8. The Morgan fingerprint density at radius 3 is 1.70 bits per heavy atom. The summed E-state index contributed by atoms with van der Waals surface area (Å²) in [6.45, 7) is 4.19. The van der Waals surface area contributed by atoms with E-state index in [9.17, 15) is 9.59 Å². The van der Waals surface area contributed by atoms with Crippen LogP contribution in [0.5, 0.6) is 0 Å². The van der Waals surface area contributed by atoms with E-state index in [-0.39, 0.29) is 10.2 Å². The molecule has 0 aliphatic carbocycles. The molecule has 0 aliphatic rings. The van der Waals surface area contributed by atoms with Crippen LogP contribution in [0, 0.1) is 0 Å². The molecule has 4 nitrogen and oxygen atoms in total. The van der Waals surface area contributed by atoms with Crippen LogP contribution in [-0.4, -0.2) is 32.2 Å². The van der Waals surface area contributed by atoms with Crippen LogP contribution < -0.4 is 0 Å². The van der Waals surface area contributed by atoms with Crippen LogP contribution in [0.25, 0.3) is 0 Å². The molecular formula is C16H18O4S3. The first-order valence-electron chi connectivity index (χ1n) is 7.10. The largest absolute Gasteiger partial charge is 0.472 e. The molecule has 7 heteroatoms. The Morgan fingerprint density at radius 2 is 1.35 bits per heavy atom. The quantitative estimate of drug-likeness (QED) is 0.659. The van der Waals surface area contributed by atoms with Gasteiger partial charge >= 0.3 is 0 Å². The van der Waals surface area contributed by atoms with Crippen LogP contribution in [0.3, 0.4) is 0 Å². The van der Waals surface area contributed by atoms with Gasteiger partial charge in [-0.15, -0.1) is 0 Å². The summed E-state index contributed by atoms with van der Waals surface area (Å²) >= 11 is 4.39. The number of carbonyl (C=O) groups excluding carboxylic acids is 2. The third-order valence-corrected chi connectivity index (χ3v) is 6.89. The van der Waals surface area contributed by atoms with Crippen LogP contribution in [-0.2, 0) is 0 Å². The third-order valence-electron chi connectivity index (χ3n) is 2.88. The molecule has 0 spiro atoms. The molecule has 2 rings (SSSR count). The van der Waals surface area contributed by atoms with Crippen molar-refractivity contribution in [2.24, 2.45) is 0 Å². The molecule has 0 fully saturated rings. The van der Waals surface area contributed by atoms with Gasteiger partial charge in [0.05, 0.1) is 23.7 Å². The molecule has 2 aromatic rings. The fourth-order valence-electron chi connectivity index (χ4n) is 1.79. The Kier molecular flexibility index (Phi) is 7.39. The van der Waals surface area contributed by atoms with Crippen molar-refractivity contribution >= 4 is 45.5 Å². The molecule has 0 saturated carbocycles. The van der Waals surface area contributed by atoms with E-state index in [1.807, 2.05) is 0 Å². The zero-order valence-electron chi connectivity index (χ0n) is 12.9. The van der Waals surface area contributed by atoms with Gasteiger partial charge in [0, 0.05) is 22.0 Å². The lowest BCUT2D eigenvalue weighted by Crippen LogP contribution is -2.11. The average molecular weight is 371 g/mol. The number of hydrogen-bond donors (Lipinski definition) is 0. The zero-order chi connectivity index (χ0) is 16.7. The first kappa shape index (κ1) is 18.3. The Hall–Kier alpha value is -1.05. The molecule has 2 aromatic heterocycles. The second-order valence-electron chi connectivity index (χ2n) is 4.98. The first-order valence-corrected chi connectivity index (χ1v) is 10.0. The van der Waals surface area contributed by atoms with Crippen molar-refractivity contribution in [2.45, 2.75) is 24.3 Å². The summed E-state index contributed by atoms with van der Waals surface area (Å²) < 4.78 is 9.82. The Morgan fingerprint density at radius 1 is 0.913 bits per heavy atom. The molecule has 0 radical (unpaired) electrons. The van der Waals surface area contributed by atoms with Crippen molar-refractivity contribution in [3.05, 3.63) is 48.3 Å². The summed E-state index contributed by atoms with van der Waals surface area (Å²) in [5, 5.41) is 0.720. The van der Waals surface area contributed by atoms with Crippen molar-refractivity contribution in [1.29, 1.82) is 0 Å². The van der Waals surface area contributed by atoms with Gasteiger partial charge in [-0.05, 0) is 12.1 Å². The van der Waals surface area contributed by atoms with Gasteiger partial charge in [0.25, 0.3) is 0 Å². The maximum Gasteiger partial charge on any atom is 0.222 e. The van der Waals surface area contributed by atoms with Gasteiger partial charge in [-0.25, -0.2) is 0 Å². The van der Waals surface area contributed by atoms with Gasteiger partial charge in [0.1, 0.15) is 12.5 Å². The van der Waals surface area contributed by atoms with Crippen LogP contribution in [0.2, 0.25) is 0 Å². The second-order valence-corrected chi connectivity index (χ2v) is 8.85. The van der Waals surface area contributed by atoms with Gasteiger partial charge in [0.15, 0.2) is 0 Å². The van der Waals surface area contributed by atoms with E-state index in [0.29, 0.717) is 21.6 Å². The first-order chi connectivity index (χ1) is 11.1. The molecule has 0 aliphatic heterocycles. The fourth-order valence-corrected chi connectivity index (χ4v) is 4.96. The lowest BCUT2D eigenvalue weighted by molar-refractivity contribution is 0.108. The summed E-state index contributed by atoms with van der Waals surface area (Å²) in [5.41, 5.74) is 1.20. The van der Waals surface area contributed by atoms with Crippen molar-refractivity contribution in [3.8, 4) is 0 Å². The molecule has 0 aromatic carbocycles. The number of rotatable bonds is 8. The Bertz CT molecular complexity index is 553. The molecule has 23 heavy (non-hydrogen) atoms. The molecule has 2 atom stereocenters. The van der Waals surface area contributed by atoms with Crippen LogP contribution in [0.15, 0.2) is 46.0 Å². The van der Waals surface area contributed by atoms with Crippen molar-refractivity contribution in [1.82, 2.24) is 0 Å². The van der Waals surface area contributed by atoms with Gasteiger partial charge in [-0.1, -0.05) is 37.4 Å². The van der Waals surface area contributed by atoms with Gasteiger partial charge in [-0.2, -0.15) is 11.8 Å². The number of carbonyl (C=O) groups is 2. The fraction of sp³-hybridized carbons (Fsp3) is 0.375. The molecule has 2 unspecified atom stereocenters. The van der Waals surface area contributed by atoms with E-state index >= 15 is 0 Å². The van der Waals surface area contributed by atoms with E-state index in [1.54, 1.807) is 23.9 Å². The van der Waals surface area contributed by atoms with E-state index in [0.717, 1.165) is 11.5 Å². The second kappa shape index (κ2) is 9.30. The van der Waals surface area contributed by atoms with Gasteiger partial charge in [-0.3, -0.25) is 9.59 Å². The highest BCUT2D eigenvalue weighted by Gasteiger charge is 2.16. The minimum Gasteiger partial charge on any atom is -0.472 e. The standard InChI is InChI=1S/C16H18O4S3/c1-11(9-21-15(17)13-3-5-19-7-13)23-12(2)10-22-16(18)14-4-6-20-8-14/h3-8,11-12H,9-10H2,1-2H3. The molecule has 0 N–H and O–H groups in total. The molecule has 0 bridgehead atoms. The predicted molar refractivity (Wildman–Crippen MR) is 97.5 cm³/mol. The molecule has 0 amide bonds. The summed E-state index contributed by atoms with van der Waals surface area (Å²) in [5.74, 6) is 1.47. The SMILES string of the molecule is CC(CSC(=O)c1ccoc1)SC(C)CSC(=O)c1ccoc1. The normalized spacial score (nSPS) is 13.7. The summed E-state index contributed by atoms with van der Waals surface area (Å²) in [6.07, 6.45) is 5.94. The van der Waals surface area contributed by atoms with E-state index in [4.69, 9.17) is 8.83 Å². The minimum absolute atomic E-state index is 0.0309. The molecule has 0 saturated heterocycles. The van der Waals surface area contributed by atoms with Crippen molar-refractivity contribution in [3.63, 3.8) is 0 Å². The maximum atomic E-state index is 11.9. The van der Waals surface area contributed by atoms with Crippen molar-refractivity contribution < 1.29 is 18.4 Å². The minimum atomic E-state index is 0.0309. The Balaban J connectivity index is 1.65. The maximum absolute atomic E-state index is 11.9. The predicted octanol–water partition coefficient (Wildman–Crippen LogP) is 4.83. The third kappa shape index (κ3) is 6.16. The van der Waals surface area contributed by atoms with E-state index < -0.39 is 0 Å². The van der Waals surface area contributed by atoms with Crippen molar-refractivity contribution in [2.75, 3.05) is 11.5 Å². The van der Waals surface area contributed by atoms with Gasteiger partial charge in [0.2, 0.25) is 10.2 Å². The molecule has 2 heterocycles. The van der Waals surface area contributed by atoms with Crippen LogP contribution >= 0.6 is 35.3 Å². The Labute approximate surface area is 148 Å². The van der Waals surface area contributed by atoms with Crippen LogP contribution in [0.1, 0.15) is 34.6 Å². The van der Waals surface area contributed by atoms with Gasteiger partial charge < -0.3 is 8.83 Å². The summed E-state index contributed by atoms with van der Waals surface area (Å²) in [6, 6.07) is 3.35. The average Bonchev–Trinajstić information content (AvgIpc) is 3.22. The molecule has 124 valence electrons. The highest BCUT2D eigenvalue weighted by molar-refractivity contribution is 8.15.